The van der Waals surface area contributed by atoms with Crippen molar-refractivity contribution in [3.8, 4) is 0 Å². The summed E-state index contributed by atoms with van der Waals surface area (Å²) in [6.07, 6.45) is 4.04. The van der Waals surface area contributed by atoms with Crippen LogP contribution in [0.1, 0.15) is 32.6 Å². The largest absolute Gasteiger partial charge is 0.329 e. The highest BCUT2D eigenvalue weighted by Crippen LogP contribution is 2.32. The fraction of sp³-hybridized carbons (Fsp3) is 1.00. The number of rotatable bonds is 8. The lowest BCUT2D eigenvalue weighted by Gasteiger charge is -2.22. The first-order valence-corrected chi connectivity index (χ1v) is 7.39. The molecule has 1 aliphatic rings. The van der Waals surface area contributed by atoms with Gasteiger partial charge in [0.15, 0.2) is 0 Å². The number of nitrogens with zero attached hydrogens (tertiary/aromatic N) is 1. The second-order valence-electron chi connectivity index (χ2n) is 4.48. The molecule has 0 radical (unpaired) electrons. The molecule has 0 aromatic heterocycles. The highest BCUT2D eigenvalue weighted by atomic mass is 32.2. The first-order chi connectivity index (χ1) is 7.51. The van der Waals surface area contributed by atoms with Gasteiger partial charge in [-0.25, -0.2) is 0 Å². The standard InChI is InChI=1S/C10H23N3O2S/c1-3-4-7-13(2)16(14,15)12-10(8-11)9-5-6-9/h9-10,12H,3-8,11H2,1-2H3. The monoisotopic (exact) mass is 249 g/mol. The summed E-state index contributed by atoms with van der Waals surface area (Å²) in [6.45, 7) is 2.99. The van der Waals surface area contributed by atoms with Crippen molar-refractivity contribution in [3.63, 3.8) is 0 Å². The van der Waals surface area contributed by atoms with Crippen molar-refractivity contribution < 1.29 is 8.42 Å². The summed E-state index contributed by atoms with van der Waals surface area (Å²) in [5.74, 6) is 0.444. The molecule has 1 atom stereocenters. The van der Waals surface area contributed by atoms with Gasteiger partial charge in [0.05, 0.1) is 0 Å². The molecule has 0 bridgehead atoms. The summed E-state index contributed by atoms with van der Waals surface area (Å²) in [7, 11) is -1.74. The normalized spacial score (nSPS) is 19.0. The van der Waals surface area contributed by atoms with Gasteiger partial charge in [-0.05, 0) is 25.2 Å². The topological polar surface area (TPSA) is 75.4 Å². The van der Waals surface area contributed by atoms with E-state index in [1.165, 1.54) is 4.31 Å². The summed E-state index contributed by atoms with van der Waals surface area (Å²) in [6, 6.07) is -0.0888. The number of nitrogens with one attached hydrogen (secondary N) is 1. The second kappa shape index (κ2) is 5.95. The molecule has 1 saturated carbocycles. The van der Waals surface area contributed by atoms with Crippen LogP contribution in [0.4, 0.5) is 0 Å². The van der Waals surface area contributed by atoms with Crippen LogP contribution >= 0.6 is 0 Å². The van der Waals surface area contributed by atoms with Crippen molar-refractivity contribution in [1.29, 1.82) is 0 Å². The summed E-state index contributed by atoms with van der Waals surface area (Å²) >= 11 is 0. The molecule has 0 amide bonds. The van der Waals surface area contributed by atoms with Crippen molar-refractivity contribution in [2.24, 2.45) is 11.7 Å². The molecular formula is C10H23N3O2S. The minimum atomic E-state index is -3.35. The maximum Gasteiger partial charge on any atom is 0.279 e. The molecule has 6 heteroatoms. The Labute approximate surface area is 98.6 Å². The molecule has 5 nitrogen and oxygen atoms in total. The average molecular weight is 249 g/mol. The number of nitrogens with two attached hydrogens (primary N) is 1. The van der Waals surface area contributed by atoms with E-state index >= 15 is 0 Å². The molecule has 96 valence electrons. The van der Waals surface area contributed by atoms with Crippen LogP contribution in [0.2, 0.25) is 0 Å². The molecule has 0 aromatic carbocycles. The zero-order valence-electron chi connectivity index (χ0n) is 10.1. The predicted molar refractivity (Wildman–Crippen MR) is 65.2 cm³/mol. The third-order valence-corrected chi connectivity index (χ3v) is 4.59. The summed E-state index contributed by atoms with van der Waals surface area (Å²) in [5, 5.41) is 0. The molecule has 3 N–H and O–H groups in total. The molecule has 1 fully saturated rings. The molecular weight excluding hydrogens is 226 g/mol. The van der Waals surface area contributed by atoms with Gasteiger partial charge in [-0.3, -0.25) is 0 Å². The van der Waals surface area contributed by atoms with E-state index in [2.05, 4.69) is 4.72 Å². The Morgan fingerprint density at radius 3 is 2.56 bits per heavy atom. The Bertz CT molecular complexity index is 301. The second-order valence-corrected chi connectivity index (χ2v) is 6.29. The lowest BCUT2D eigenvalue weighted by Crippen LogP contribution is -2.47. The average Bonchev–Trinajstić information content (AvgIpc) is 3.06. The van der Waals surface area contributed by atoms with Gasteiger partial charge in [0.2, 0.25) is 0 Å². The number of hydrogen-bond donors (Lipinski definition) is 2. The van der Waals surface area contributed by atoms with Crippen molar-refractivity contribution in [2.45, 2.75) is 38.6 Å². The molecule has 0 aliphatic heterocycles. The van der Waals surface area contributed by atoms with E-state index in [0.717, 1.165) is 25.7 Å². The molecule has 1 aliphatic carbocycles. The smallest absolute Gasteiger partial charge is 0.279 e. The van der Waals surface area contributed by atoms with Gasteiger partial charge in [0.1, 0.15) is 0 Å². The third-order valence-electron chi connectivity index (χ3n) is 2.98. The van der Waals surface area contributed by atoms with Gasteiger partial charge < -0.3 is 5.73 Å². The van der Waals surface area contributed by atoms with Crippen LogP contribution in [0.5, 0.6) is 0 Å². The molecule has 0 saturated heterocycles. The quantitative estimate of drug-likeness (QED) is 0.649. The highest BCUT2D eigenvalue weighted by Gasteiger charge is 2.33. The van der Waals surface area contributed by atoms with Crippen LogP contribution in [0, 0.1) is 5.92 Å². The lowest BCUT2D eigenvalue weighted by molar-refractivity contribution is 0.430. The van der Waals surface area contributed by atoms with Gasteiger partial charge in [-0.1, -0.05) is 13.3 Å². The Morgan fingerprint density at radius 2 is 2.12 bits per heavy atom. The highest BCUT2D eigenvalue weighted by molar-refractivity contribution is 7.87. The van der Waals surface area contributed by atoms with Gasteiger partial charge >= 0.3 is 0 Å². The van der Waals surface area contributed by atoms with Crippen LogP contribution in [0.3, 0.4) is 0 Å². The fourth-order valence-corrected chi connectivity index (χ4v) is 2.84. The summed E-state index contributed by atoms with van der Waals surface area (Å²) in [4.78, 5) is 0. The van der Waals surface area contributed by atoms with E-state index in [4.69, 9.17) is 5.73 Å². The summed E-state index contributed by atoms with van der Waals surface area (Å²) in [5.41, 5.74) is 5.58. The van der Waals surface area contributed by atoms with E-state index < -0.39 is 10.2 Å². The molecule has 0 spiro atoms. The molecule has 1 unspecified atom stereocenters. The van der Waals surface area contributed by atoms with E-state index in [-0.39, 0.29) is 6.04 Å². The maximum atomic E-state index is 11.9. The van der Waals surface area contributed by atoms with Gasteiger partial charge in [0, 0.05) is 26.2 Å². The molecule has 1 rings (SSSR count). The zero-order valence-corrected chi connectivity index (χ0v) is 11.0. The SMILES string of the molecule is CCCCN(C)S(=O)(=O)NC(CN)C1CC1. The maximum absolute atomic E-state index is 11.9. The Balaban J connectivity index is 2.48. The van der Waals surface area contributed by atoms with Gasteiger partial charge in [-0.15, -0.1) is 0 Å². The molecule has 16 heavy (non-hydrogen) atoms. The minimum absolute atomic E-state index is 0.0888. The molecule has 0 heterocycles. The predicted octanol–water partition coefficient (Wildman–Crippen LogP) is 0.290. The van der Waals surface area contributed by atoms with Crippen LogP contribution in [-0.2, 0) is 10.2 Å². The first kappa shape index (κ1) is 13.9. The van der Waals surface area contributed by atoms with Gasteiger partial charge in [0.25, 0.3) is 10.2 Å². The van der Waals surface area contributed by atoms with E-state index in [9.17, 15) is 8.42 Å². The Hall–Kier alpha value is -0.170. The van der Waals surface area contributed by atoms with Crippen LogP contribution in [-0.4, -0.2) is 38.9 Å². The number of unbranched alkanes of at least 4 members (excludes halogenated alkanes) is 1. The van der Waals surface area contributed by atoms with Crippen LogP contribution in [0.15, 0.2) is 0 Å². The van der Waals surface area contributed by atoms with E-state index in [1.54, 1.807) is 7.05 Å². The van der Waals surface area contributed by atoms with Crippen molar-refractivity contribution in [1.82, 2.24) is 9.03 Å². The molecule has 0 aromatic rings. The van der Waals surface area contributed by atoms with E-state index in [0.29, 0.717) is 19.0 Å². The lowest BCUT2D eigenvalue weighted by atomic mass is 10.2. The number of hydrogen-bond acceptors (Lipinski definition) is 3. The summed E-state index contributed by atoms with van der Waals surface area (Å²) < 4.78 is 27.9. The van der Waals surface area contributed by atoms with Crippen LogP contribution in [0.25, 0.3) is 0 Å². The minimum Gasteiger partial charge on any atom is -0.329 e. The Kier molecular flexibility index (Phi) is 5.17. The zero-order chi connectivity index (χ0) is 12.2. The fourth-order valence-electron chi connectivity index (χ4n) is 1.62. The van der Waals surface area contributed by atoms with Crippen LogP contribution < -0.4 is 10.5 Å². The first-order valence-electron chi connectivity index (χ1n) is 5.95. The van der Waals surface area contributed by atoms with Gasteiger partial charge in [-0.2, -0.15) is 17.4 Å². The van der Waals surface area contributed by atoms with Crippen molar-refractivity contribution in [3.05, 3.63) is 0 Å². The van der Waals surface area contributed by atoms with Crippen molar-refractivity contribution in [2.75, 3.05) is 20.1 Å². The Morgan fingerprint density at radius 1 is 1.50 bits per heavy atom. The third kappa shape index (κ3) is 4.01. The van der Waals surface area contributed by atoms with Crippen molar-refractivity contribution >= 4 is 10.2 Å². The van der Waals surface area contributed by atoms with E-state index in [1.807, 2.05) is 6.92 Å².